The average Bonchev–Trinajstić information content (AvgIpc) is 2.00. The summed E-state index contributed by atoms with van der Waals surface area (Å²) in [5.74, 6) is 0.572. The molecule has 0 radical (unpaired) electrons. The Balaban J connectivity index is 4.27. The van der Waals surface area contributed by atoms with Crippen LogP contribution in [0.25, 0.3) is 0 Å². The van der Waals surface area contributed by atoms with Crippen molar-refractivity contribution in [1.29, 1.82) is 0 Å². The van der Waals surface area contributed by atoms with Crippen LogP contribution in [-0.2, 0) is 4.74 Å². The van der Waals surface area contributed by atoms with Crippen LogP contribution >= 0.6 is 0 Å². The van der Waals surface area contributed by atoms with E-state index in [-0.39, 0.29) is 5.92 Å². The number of hydrogen-bond acceptors (Lipinski definition) is 3. The van der Waals surface area contributed by atoms with Crippen molar-refractivity contribution in [2.75, 3.05) is 13.7 Å². The van der Waals surface area contributed by atoms with Crippen molar-refractivity contribution in [1.82, 2.24) is 0 Å². The van der Waals surface area contributed by atoms with Crippen LogP contribution in [0.5, 0.6) is 0 Å². The highest BCUT2D eigenvalue weighted by molar-refractivity contribution is 5.21. The minimum absolute atomic E-state index is 0.273. The van der Waals surface area contributed by atoms with E-state index in [2.05, 4.69) is 5.73 Å². The van der Waals surface area contributed by atoms with E-state index in [1.165, 1.54) is 0 Å². The summed E-state index contributed by atoms with van der Waals surface area (Å²) in [6, 6.07) is 0. The summed E-state index contributed by atoms with van der Waals surface area (Å²) < 4.78 is 4.99. The third kappa shape index (κ3) is 4.00. The molecule has 0 saturated carbocycles. The van der Waals surface area contributed by atoms with Crippen LogP contribution < -0.4 is 17.2 Å². The molecule has 0 aromatic rings. The van der Waals surface area contributed by atoms with Gasteiger partial charge < -0.3 is 21.9 Å². The van der Waals surface area contributed by atoms with Crippen molar-refractivity contribution < 1.29 is 10.5 Å². The molecular weight excluding hydrogens is 154 g/mol. The van der Waals surface area contributed by atoms with Crippen molar-refractivity contribution in [3.05, 3.63) is 23.7 Å². The van der Waals surface area contributed by atoms with Gasteiger partial charge >= 0.3 is 0 Å². The van der Waals surface area contributed by atoms with Gasteiger partial charge in [-0.1, -0.05) is 6.92 Å². The minimum Gasteiger partial charge on any atom is -0.386 e. The molecule has 0 saturated heterocycles. The van der Waals surface area contributed by atoms with Gasteiger partial charge in [-0.2, -0.15) is 0 Å². The number of allylic oxidation sites excluding steroid dienone is 1. The van der Waals surface area contributed by atoms with Crippen molar-refractivity contribution >= 4 is 0 Å². The second-order valence-electron chi connectivity index (χ2n) is 2.70. The van der Waals surface area contributed by atoms with Crippen molar-refractivity contribution in [2.45, 2.75) is 6.92 Å². The largest absolute Gasteiger partial charge is 0.386 e. The number of methoxy groups -OCH3 is 1. The SMILES string of the molecule is COCC(C)/C(C=C(N)N)=C/[NH3+]. The highest BCUT2D eigenvalue weighted by Crippen LogP contribution is 2.10. The van der Waals surface area contributed by atoms with Crippen LogP contribution in [0.15, 0.2) is 23.7 Å². The van der Waals surface area contributed by atoms with E-state index < -0.39 is 0 Å². The fraction of sp³-hybridized carbons (Fsp3) is 0.500. The Bertz CT molecular complexity index is 183. The number of hydrogen-bond donors (Lipinski definition) is 3. The molecule has 0 aromatic heterocycles. The lowest BCUT2D eigenvalue weighted by atomic mass is 10.0. The summed E-state index contributed by atoms with van der Waals surface area (Å²) in [6.07, 6.45) is 3.44. The summed E-state index contributed by atoms with van der Waals surface area (Å²) in [7, 11) is 1.66. The predicted molar refractivity (Wildman–Crippen MR) is 48.5 cm³/mol. The van der Waals surface area contributed by atoms with Crippen molar-refractivity contribution in [2.24, 2.45) is 17.4 Å². The molecule has 0 aliphatic heterocycles. The van der Waals surface area contributed by atoms with Crippen molar-refractivity contribution in [3.8, 4) is 0 Å². The van der Waals surface area contributed by atoms with Gasteiger partial charge in [0.15, 0.2) is 0 Å². The molecule has 4 heteroatoms. The van der Waals surface area contributed by atoms with Gasteiger partial charge in [-0.15, -0.1) is 0 Å². The van der Waals surface area contributed by atoms with Crippen LogP contribution in [0.1, 0.15) is 6.92 Å². The van der Waals surface area contributed by atoms with E-state index >= 15 is 0 Å². The molecule has 4 nitrogen and oxygen atoms in total. The standard InChI is InChI=1S/C8H17N3O/c1-6(5-12-2)7(4-9)3-8(10)11/h3-4,6H,5,9-11H2,1-2H3/p+1/b7-4+. The average molecular weight is 172 g/mol. The Morgan fingerprint density at radius 2 is 2.17 bits per heavy atom. The molecule has 0 amide bonds. The summed E-state index contributed by atoms with van der Waals surface area (Å²) in [5, 5.41) is 0. The molecule has 12 heavy (non-hydrogen) atoms. The van der Waals surface area contributed by atoms with Gasteiger partial charge in [0.1, 0.15) is 0 Å². The van der Waals surface area contributed by atoms with E-state index in [9.17, 15) is 0 Å². The topological polar surface area (TPSA) is 88.9 Å². The predicted octanol–water partition coefficient (Wildman–Crippen LogP) is -0.846. The quantitative estimate of drug-likeness (QED) is 0.483. The summed E-state index contributed by atoms with van der Waals surface area (Å²) in [6.45, 7) is 2.67. The molecule has 0 bridgehead atoms. The molecule has 0 fully saturated rings. The van der Waals surface area contributed by atoms with Gasteiger partial charge in [0.2, 0.25) is 0 Å². The van der Waals surface area contributed by atoms with Gasteiger partial charge in [0.05, 0.1) is 18.6 Å². The lowest BCUT2D eigenvalue weighted by molar-refractivity contribution is -0.276. The third-order valence-corrected chi connectivity index (χ3v) is 1.55. The van der Waals surface area contributed by atoms with Gasteiger partial charge in [0, 0.05) is 18.6 Å². The number of quaternary nitrogens is 1. The molecule has 0 aromatic carbocycles. The highest BCUT2D eigenvalue weighted by Gasteiger charge is 2.06. The first kappa shape index (κ1) is 11.0. The Morgan fingerprint density at radius 1 is 1.58 bits per heavy atom. The maximum absolute atomic E-state index is 5.33. The first-order valence-electron chi connectivity index (χ1n) is 3.82. The zero-order chi connectivity index (χ0) is 9.56. The highest BCUT2D eigenvalue weighted by atomic mass is 16.5. The first-order valence-corrected chi connectivity index (χ1v) is 3.82. The summed E-state index contributed by atoms with van der Waals surface area (Å²) in [5.41, 5.74) is 15.3. The van der Waals surface area contributed by atoms with Crippen LogP contribution in [0, 0.1) is 5.92 Å². The molecule has 70 valence electrons. The number of ether oxygens (including phenoxy) is 1. The summed E-state index contributed by atoms with van der Waals surface area (Å²) in [4.78, 5) is 0. The van der Waals surface area contributed by atoms with Gasteiger partial charge in [0.25, 0.3) is 0 Å². The number of nitrogens with two attached hydrogens (primary N) is 2. The Morgan fingerprint density at radius 3 is 2.50 bits per heavy atom. The first-order chi connectivity index (χ1) is 5.61. The zero-order valence-electron chi connectivity index (χ0n) is 7.71. The molecule has 0 aliphatic rings. The molecule has 1 atom stereocenters. The second kappa shape index (κ2) is 5.62. The normalized spacial score (nSPS) is 14.1. The fourth-order valence-corrected chi connectivity index (χ4v) is 0.941. The lowest BCUT2D eigenvalue weighted by Gasteiger charge is -2.09. The van der Waals surface area contributed by atoms with Gasteiger partial charge in [-0.05, 0) is 6.08 Å². The second-order valence-corrected chi connectivity index (χ2v) is 2.70. The van der Waals surface area contributed by atoms with E-state index in [0.717, 1.165) is 5.57 Å². The van der Waals surface area contributed by atoms with Crippen molar-refractivity contribution in [3.63, 3.8) is 0 Å². The Kier molecular flexibility index (Phi) is 5.16. The molecule has 0 aliphatic carbocycles. The summed E-state index contributed by atoms with van der Waals surface area (Å²) >= 11 is 0. The van der Waals surface area contributed by atoms with Gasteiger partial charge in [-0.25, -0.2) is 0 Å². The lowest BCUT2D eigenvalue weighted by Crippen LogP contribution is -2.40. The van der Waals surface area contributed by atoms with Crippen LogP contribution in [-0.4, -0.2) is 13.7 Å². The maximum Gasteiger partial charge on any atom is 0.0946 e. The van der Waals surface area contributed by atoms with E-state index in [1.54, 1.807) is 19.4 Å². The molecule has 0 rings (SSSR count). The molecule has 0 heterocycles. The fourth-order valence-electron chi connectivity index (χ4n) is 0.941. The Labute approximate surface area is 73.0 Å². The molecular formula is C8H18N3O+. The third-order valence-electron chi connectivity index (χ3n) is 1.55. The van der Waals surface area contributed by atoms with E-state index in [1.807, 2.05) is 6.92 Å². The van der Waals surface area contributed by atoms with E-state index in [0.29, 0.717) is 12.4 Å². The Hall–Kier alpha value is -1.00. The molecule has 7 N–H and O–H groups in total. The monoisotopic (exact) mass is 172 g/mol. The van der Waals surface area contributed by atoms with Gasteiger partial charge in [-0.3, -0.25) is 0 Å². The zero-order valence-corrected chi connectivity index (χ0v) is 7.71. The molecule has 1 unspecified atom stereocenters. The van der Waals surface area contributed by atoms with Crippen LogP contribution in [0.2, 0.25) is 0 Å². The minimum atomic E-state index is 0.273. The smallest absolute Gasteiger partial charge is 0.0946 e. The van der Waals surface area contributed by atoms with Crippen LogP contribution in [0.4, 0.5) is 0 Å². The molecule has 0 spiro atoms. The van der Waals surface area contributed by atoms with Crippen LogP contribution in [0.3, 0.4) is 0 Å². The van der Waals surface area contributed by atoms with E-state index in [4.69, 9.17) is 16.2 Å². The number of rotatable bonds is 4. The maximum atomic E-state index is 5.33.